The lowest BCUT2D eigenvalue weighted by Gasteiger charge is -2.47. The summed E-state index contributed by atoms with van der Waals surface area (Å²) in [5, 5.41) is 0. The Labute approximate surface area is 119 Å². The number of primary amides is 1. The zero-order chi connectivity index (χ0) is 14.8. The van der Waals surface area contributed by atoms with Crippen LogP contribution in [0.1, 0.15) is 19.3 Å². The van der Waals surface area contributed by atoms with Crippen LogP contribution < -0.4 is 5.73 Å². The Morgan fingerprint density at radius 2 is 2.05 bits per heavy atom. The van der Waals surface area contributed by atoms with E-state index >= 15 is 0 Å². The van der Waals surface area contributed by atoms with Crippen LogP contribution in [-0.2, 0) is 9.53 Å². The van der Waals surface area contributed by atoms with Crippen LogP contribution >= 0.6 is 0 Å². The Bertz CT molecular complexity index is 450. The number of ether oxygens (including phenoxy) is 1. The van der Waals surface area contributed by atoms with E-state index in [-0.39, 0.29) is 23.8 Å². The van der Waals surface area contributed by atoms with Gasteiger partial charge in [0.05, 0.1) is 0 Å². The Morgan fingerprint density at radius 3 is 2.55 bits per heavy atom. The molecule has 0 aliphatic heterocycles. The fourth-order valence-electron chi connectivity index (χ4n) is 3.07. The van der Waals surface area contributed by atoms with Crippen LogP contribution in [0.2, 0.25) is 0 Å². The lowest BCUT2D eigenvalue weighted by molar-refractivity contribution is -0.139. The molecular formula is C15H22N2O3. The van der Waals surface area contributed by atoms with E-state index < -0.39 is 6.09 Å². The summed E-state index contributed by atoms with van der Waals surface area (Å²) in [5.74, 6) is 0.638. The minimum Gasteiger partial charge on any atom is -0.449 e. The quantitative estimate of drug-likeness (QED) is 0.850. The summed E-state index contributed by atoms with van der Waals surface area (Å²) in [5.41, 5.74) is 4.88. The molecule has 0 spiro atoms. The number of nitrogens with two attached hydrogens (primary N) is 1. The van der Waals surface area contributed by atoms with Gasteiger partial charge in [0.25, 0.3) is 0 Å². The molecule has 20 heavy (non-hydrogen) atoms. The topological polar surface area (TPSA) is 72.6 Å². The molecule has 0 aromatic carbocycles. The Morgan fingerprint density at radius 1 is 1.35 bits per heavy atom. The van der Waals surface area contributed by atoms with E-state index in [1.54, 1.807) is 19.0 Å². The smallest absolute Gasteiger partial charge is 0.404 e. The first-order valence-electron chi connectivity index (χ1n) is 6.92. The second-order valence-electron chi connectivity index (χ2n) is 5.93. The zero-order valence-corrected chi connectivity index (χ0v) is 12.0. The fourth-order valence-corrected chi connectivity index (χ4v) is 3.07. The lowest BCUT2D eigenvalue weighted by atomic mass is 9.58. The molecule has 5 heteroatoms. The SMILES string of the molecule is CN(C)C(=O)[C@H]1C[C@H](C2(COC(N)=O)C=CC=CC2)C1. The number of rotatable bonds is 4. The summed E-state index contributed by atoms with van der Waals surface area (Å²) in [7, 11) is 3.57. The van der Waals surface area contributed by atoms with Gasteiger partial charge in [0.1, 0.15) is 6.61 Å². The summed E-state index contributed by atoms with van der Waals surface area (Å²) in [6.07, 6.45) is 9.91. The van der Waals surface area contributed by atoms with Gasteiger partial charge in [0.2, 0.25) is 5.91 Å². The van der Waals surface area contributed by atoms with Crippen molar-refractivity contribution in [2.45, 2.75) is 19.3 Å². The van der Waals surface area contributed by atoms with Crippen molar-refractivity contribution in [3.05, 3.63) is 24.3 Å². The highest BCUT2D eigenvalue weighted by molar-refractivity contribution is 5.79. The first kappa shape index (κ1) is 14.6. The lowest BCUT2D eigenvalue weighted by Crippen LogP contribution is -2.47. The van der Waals surface area contributed by atoms with Crippen LogP contribution in [0, 0.1) is 17.3 Å². The number of nitrogens with zero attached hydrogens (tertiary/aromatic N) is 1. The molecule has 0 radical (unpaired) electrons. The molecule has 110 valence electrons. The number of hydrogen-bond donors (Lipinski definition) is 1. The van der Waals surface area contributed by atoms with Crippen molar-refractivity contribution in [2.24, 2.45) is 23.0 Å². The number of allylic oxidation sites excluding steroid dienone is 3. The molecule has 0 heterocycles. The minimum atomic E-state index is -0.743. The fraction of sp³-hybridized carbons (Fsp3) is 0.600. The van der Waals surface area contributed by atoms with Crippen LogP contribution in [0.3, 0.4) is 0 Å². The van der Waals surface area contributed by atoms with Crippen LogP contribution in [0.15, 0.2) is 24.3 Å². The van der Waals surface area contributed by atoms with E-state index in [0.717, 1.165) is 19.3 Å². The van der Waals surface area contributed by atoms with Gasteiger partial charge < -0.3 is 15.4 Å². The van der Waals surface area contributed by atoms with Gasteiger partial charge in [-0.15, -0.1) is 0 Å². The van der Waals surface area contributed by atoms with Crippen LogP contribution in [-0.4, -0.2) is 37.6 Å². The third-order valence-corrected chi connectivity index (χ3v) is 4.40. The summed E-state index contributed by atoms with van der Waals surface area (Å²) >= 11 is 0. The summed E-state index contributed by atoms with van der Waals surface area (Å²) in [4.78, 5) is 24.4. The molecule has 0 aromatic rings. The van der Waals surface area contributed by atoms with Gasteiger partial charge in [0, 0.05) is 25.4 Å². The molecule has 0 aromatic heterocycles. The van der Waals surface area contributed by atoms with Crippen molar-refractivity contribution in [2.75, 3.05) is 20.7 Å². The molecule has 0 saturated heterocycles. The number of carbonyl (C=O) groups is 2. The maximum atomic E-state index is 11.9. The molecule has 2 amide bonds. The Balaban J connectivity index is 2.00. The molecule has 2 aliphatic carbocycles. The average Bonchev–Trinajstić information content (AvgIpc) is 2.35. The predicted molar refractivity (Wildman–Crippen MR) is 75.8 cm³/mol. The minimum absolute atomic E-state index is 0.0970. The third-order valence-electron chi connectivity index (χ3n) is 4.40. The molecule has 1 saturated carbocycles. The number of carbonyl (C=O) groups excluding carboxylic acids is 2. The number of hydrogen-bond acceptors (Lipinski definition) is 3. The van der Waals surface area contributed by atoms with Gasteiger partial charge >= 0.3 is 6.09 Å². The first-order chi connectivity index (χ1) is 9.44. The zero-order valence-electron chi connectivity index (χ0n) is 12.0. The van der Waals surface area contributed by atoms with Gasteiger partial charge in [-0.05, 0) is 25.2 Å². The van der Waals surface area contributed by atoms with Crippen molar-refractivity contribution < 1.29 is 14.3 Å². The van der Waals surface area contributed by atoms with Crippen molar-refractivity contribution in [3.8, 4) is 0 Å². The van der Waals surface area contributed by atoms with E-state index in [2.05, 4.69) is 12.2 Å². The summed E-state index contributed by atoms with van der Waals surface area (Å²) in [6.45, 7) is 0.288. The van der Waals surface area contributed by atoms with E-state index in [1.807, 2.05) is 12.2 Å². The second-order valence-corrected chi connectivity index (χ2v) is 5.93. The third kappa shape index (κ3) is 2.86. The molecule has 1 atom stereocenters. The van der Waals surface area contributed by atoms with Gasteiger partial charge in [0.15, 0.2) is 0 Å². The second kappa shape index (κ2) is 5.69. The van der Waals surface area contributed by atoms with Gasteiger partial charge in [-0.25, -0.2) is 4.79 Å². The maximum absolute atomic E-state index is 11.9. The summed E-state index contributed by atoms with van der Waals surface area (Å²) in [6, 6.07) is 0. The Hall–Kier alpha value is -1.78. The molecule has 2 rings (SSSR count). The largest absolute Gasteiger partial charge is 0.449 e. The van der Waals surface area contributed by atoms with E-state index in [9.17, 15) is 9.59 Å². The van der Waals surface area contributed by atoms with Gasteiger partial charge in [-0.3, -0.25) is 4.79 Å². The monoisotopic (exact) mass is 278 g/mol. The molecule has 5 nitrogen and oxygen atoms in total. The van der Waals surface area contributed by atoms with Crippen molar-refractivity contribution in [1.82, 2.24) is 4.90 Å². The molecule has 2 N–H and O–H groups in total. The molecule has 0 bridgehead atoms. The predicted octanol–water partition coefficient (Wildman–Crippen LogP) is 1.70. The normalized spacial score (nSPS) is 31.5. The first-order valence-corrected chi connectivity index (χ1v) is 6.92. The highest BCUT2D eigenvalue weighted by Gasteiger charge is 2.47. The van der Waals surface area contributed by atoms with Crippen LogP contribution in [0.5, 0.6) is 0 Å². The molecule has 2 aliphatic rings. The highest BCUT2D eigenvalue weighted by atomic mass is 16.5. The van der Waals surface area contributed by atoms with E-state index in [0.29, 0.717) is 5.92 Å². The van der Waals surface area contributed by atoms with Gasteiger partial charge in [-0.1, -0.05) is 24.3 Å². The van der Waals surface area contributed by atoms with Crippen molar-refractivity contribution >= 4 is 12.0 Å². The molecular weight excluding hydrogens is 256 g/mol. The van der Waals surface area contributed by atoms with Crippen LogP contribution in [0.25, 0.3) is 0 Å². The Kier molecular flexibility index (Phi) is 4.16. The van der Waals surface area contributed by atoms with E-state index in [4.69, 9.17) is 10.5 Å². The van der Waals surface area contributed by atoms with E-state index in [1.165, 1.54) is 0 Å². The highest BCUT2D eigenvalue weighted by Crippen LogP contribution is 2.50. The van der Waals surface area contributed by atoms with Crippen LogP contribution in [0.4, 0.5) is 4.79 Å². The van der Waals surface area contributed by atoms with Gasteiger partial charge in [-0.2, -0.15) is 0 Å². The average molecular weight is 278 g/mol. The van der Waals surface area contributed by atoms with Crippen molar-refractivity contribution in [3.63, 3.8) is 0 Å². The molecule has 1 fully saturated rings. The van der Waals surface area contributed by atoms with Crippen molar-refractivity contribution in [1.29, 1.82) is 0 Å². The number of amides is 2. The maximum Gasteiger partial charge on any atom is 0.404 e. The standard InChI is InChI=1S/C15H22N2O3/c1-17(2)13(18)11-8-12(9-11)15(10-20-14(16)19)6-4-3-5-7-15/h3-6,11-12H,7-10H2,1-2H3,(H2,16,19)/t11-,12-,15?. The summed E-state index contributed by atoms with van der Waals surface area (Å²) < 4.78 is 5.04. The molecule has 1 unspecified atom stereocenters.